The second-order valence-electron chi connectivity index (χ2n) is 7.27. The lowest BCUT2D eigenvalue weighted by Gasteiger charge is -2.50. The third-order valence-corrected chi connectivity index (χ3v) is 6.20. The third kappa shape index (κ3) is 1.95. The van der Waals surface area contributed by atoms with Gasteiger partial charge in [0.15, 0.2) is 0 Å². The first-order chi connectivity index (χ1) is 10.6. The van der Waals surface area contributed by atoms with Crippen LogP contribution in [0.4, 0.5) is 0 Å². The lowest BCUT2D eigenvalue weighted by Crippen LogP contribution is -2.55. The molecular weight excluding hydrogens is 274 g/mol. The third-order valence-electron chi connectivity index (χ3n) is 6.20. The van der Waals surface area contributed by atoms with Crippen molar-refractivity contribution in [1.29, 1.82) is 0 Å². The first-order valence-electron chi connectivity index (χ1n) is 8.36. The van der Waals surface area contributed by atoms with E-state index in [2.05, 4.69) is 48.2 Å². The number of fused-ring (bicyclic) bond motifs is 2. The molecule has 1 aromatic carbocycles. The Morgan fingerprint density at radius 1 is 1.32 bits per heavy atom. The lowest BCUT2D eigenvalue weighted by molar-refractivity contribution is -0.147. The number of carboxylic acids is 1. The van der Waals surface area contributed by atoms with Gasteiger partial charge in [0.1, 0.15) is 0 Å². The van der Waals surface area contributed by atoms with Gasteiger partial charge >= 0.3 is 5.97 Å². The van der Waals surface area contributed by atoms with E-state index in [9.17, 15) is 4.79 Å². The van der Waals surface area contributed by atoms with Gasteiger partial charge in [-0.1, -0.05) is 43.3 Å². The highest BCUT2D eigenvalue weighted by molar-refractivity contribution is 5.71. The van der Waals surface area contributed by atoms with Crippen molar-refractivity contribution in [3.05, 3.63) is 41.5 Å². The van der Waals surface area contributed by atoms with Crippen LogP contribution in [0.2, 0.25) is 0 Å². The molecule has 3 aliphatic rings. The van der Waals surface area contributed by atoms with E-state index in [1.807, 2.05) is 0 Å². The summed E-state index contributed by atoms with van der Waals surface area (Å²) >= 11 is 0. The lowest BCUT2D eigenvalue weighted by atomic mass is 9.67. The van der Waals surface area contributed by atoms with Crippen molar-refractivity contribution >= 4 is 12.0 Å². The molecular formula is C19H23NO2. The van der Waals surface area contributed by atoms with Crippen molar-refractivity contribution in [2.24, 2.45) is 11.8 Å². The number of carbonyl (C=O) groups is 1. The van der Waals surface area contributed by atoms with E-state index in [1.54, 1.807) is 0 Å². The number of allylic oxidation sites excluding steroid dienone is 1. The maximum absolute atomic E-state index is 11.0. The summed E-state index contributed by atoms with van der Waals surface area (Å²) in [5, 5.41) is 9.05. The van der Waals surface area contributed by atoms with E-state index in [0.717, 1.165) is 32.4 Å². The van der Waals surface area contributed by atoms with Gasteiger partial charge in [0.2, 0.25) is 0 Å². The first kappa shape index (κ1) is 14.0. The number of hydrogen-bond acceptors (Lipinski definition) is 2. The Labute approximate surface area is 131 Å². The second-order valence-corrected chi connectivity index (χ2v) is 7.27. The molecule has 0 aromatic heterocycles. The van der Waals surface area contributed by atoms with E-state index in [0.29, 0.717) is 12.0 Å². The zero-order valence-corrected chi connectivity index (χ0v) is 13.0. The van der Waals surface area contributed by atoms with E-state index in [-0.39, 0.29) is 11.3 Å². The molecule has 0 unspecified atom stereocenters. The quantitative estimate of drug-likeness (QED) is 0.911. The monoisotopic (exact) mass is 297 g/mol. The molecule has 0 bridgehead atoms. The molecule has 2 fully saturated rings. The number of rotatable bonds is 2. The Bertz CT molecular complexity index is 632. The summed E-state index contributed by atoms with van der Waals surface area (Å²) in [5.74, 6) is -0.154. The van der Waals surface area contributed by atoms with E-state index in [1.165, 1.54) is 11.1 Å². The first-order valence-corrected chi connectivity index (χ1v) is 8.36. The average molecular weight is 297 g/mol. The molecule has 116 valence electrons. The van der Waals surface area contributed by atoms with E-state index < -0.39 is 5.97 Å². The molecule has 1 N–H and O–H groups in total. The van der Waals surface area contributed by atoms with Crippen LogP contribution in [-0.2, 0) is 10.2 Å². The van der Waals surface area contributed by atoms with Crippen LogP contribution in [-0.4, -0.2) is 35.1 Å². The molecule has 0 radical (unpaired) electrons. The minimum absolute atomic E-state index is 0.108. The molecule has 1 saturated carbocycles. The van der Waals surface area contributed by atoms with Gasteiger partial charge in [0.05, 0.1) is 5.92 Å². The Morgan fingerprint density at radius 2 is 2.09 bits per heavy atom. The van der Waals surface area contributed by atoms with Crippen LogP contribution in [0.15, 0.2) is 30.3 Å². The summed E-state index contributed by atoms with van der Waals surface area (Å²) in [6.45, 7) is 4.52. The van der Waals surface area contributed by atoms with Crippen molar-refractivity contribution in [3.8, 4) is 0 Å². The molecule has 22 heavy (non-hydrogen) atoms. The second kappa shape index (κ2) is 4.95. The van der Waals surface area contributed by atoms with Crippen molar-refractivity contribution in [2.45, 2.75) is 37.6 Å². The summed E-state index contributed by atoms with van der Waals surface area (Å²) in [6, 6.07) is 9.24. The normalized spacial score (nSPS) is 37.0. The molecule has 4 rings (SSSR count). The van der Waals surface area contributed by atoms with E-state index in [4.69, 9.17) is 5.11 Å². The smallest absolute Gasteiger partial charge is 0.306 e. The highest BCUT2D eigenvalue weighted by Gasteiger charge is 2.46. The standard InChI is InChI=1S/C19H23NO2/c1-13-12-20(16-10-15(11-16)18(21)22)9-8-19(13)7-6-14-4-2-3-5-17(14)19/h2-7,13,15-16H,8-12H2,1H3,(H,21,22)/t13-,15?,16?,19-/m0/s1. The Kier molecular flexibility index (Phi) is 3.15. The van der Waals surface area contributed by atoms with Crippen molar-refractivity contribution in [3.63, 3.8) is 0 Å². The predicted molar refractivity (Wildman–Crippen MR) is 86.7 cm³/mol. The zero-order chi connectivity index (χ0) is 15.3. The van der Waals surface area contributed by atoms with Crippen LogP contribution < -0.4 is 0 Å². The summed E-state index contributed by atoms with van der Waals surface area (Å²) in [4.78, 5) is 13.5. The number of hydrogen-bond donors (Lipinski definition) is 1. The van der Waals surface area contributed by atoms with Gasteiger partial charge in [-0.15, -0.1) is 0 Å². The van der Waals surface area contributed by atoms with Crippen LogP contribution in [0.25, 0.3) is 6.08 Å². The topological polar surface area (TPSA) is 40.5 Å². The van der Waals surface area contributed by atoms with Crippen LogP contribution in [0, 0.1) is 11.8 Å². The van der Waals surface area contributed by atoms with Crippen LogP contribution >= 0.6 is 0 Å². The SMILES string of the molecule is C[C@H]1CN(C2CC(C(=O)O)C2)CC[C@@]12C=Cc1ccccc12. The van der Waals surface area contributed by atoms with Crippen LogP contribution in [0.3, 0.4) is 0 Å². The Morgan fingerprint density at radius 3 is 2.82 bits per heavy atom. The molecule has 1 spiro atoms. The van der Waals surface area contributed by atoms with Gasteiger partial charge in [-0.05, 0) is 42.9 Å². The number of piperidine rings is 1. The zero-order valence-electron chi connectivity index (χ0n) is 13.0. The minimum Gasteiger partial charge on any atom is -0.481 e. The number of aliphatic carboxylic acids is 1. The average Bonchev–Trinajstić information content (AvgIpc) is 2.81. The molecule has 1 saturated heterocycles. The van der Waals surface area contributed by atoms with Gasteiger partial charge in [-0.2, -0.15) is 0 Å². The summed E-state index contributed by atoms with van der Waals surface area (Å²) in [6.07, 6.45) is 7.52. The van der Waals surface area contributed by atoms with Gasteiger partial charge in [-0.25, -0.2) is 0 Å². The van der Waals surface area contributed by atoms with Crippen molar-refractivity contribution < 1.29 is 9.90 Å². The molecule has 3 heteroatoms. The largest absolute Gasteiger partial charge is 0.481 e. The van der Waals surface area contributed by atoms with E-state index >= 15 is 0 Å². The number of likely N-dealkylation sites (tertiary alicyclic amines) is 1. The Hall–Kier alpha value is -1.61. The molecule has 1 aromatic rings. The van der Waals surface area contributed by atoms with Gasteiger partial charge in [-0.3, -0.25) is 9.69 Å². The molecule has 1 heterocycles. The molecule has 1 aliphatic heterocycles. The maximum Gasteiger partial charge on any atom is 0.306 e. The molecule has 3 nitrogen and oxygen atoms in total. The Balaban J connectivity index is 1.48. The number of benzene rings is 1. The molecule has 0 amide bonds. The fourth-order valence-electron chi connectivity index (χ4n) is 4.64. The number of carboxylic acid groups (broad SMARTS) is 1. The highest BCUT2D eigenvalue weighted by Crippen LogP contribution is 2.48. The van der Waals surface area contributed by atoms with Crippen molar-refractivity contribution in [2.75, 3.05) is 13.1 Å². The summed E-state index contributed by atoms with van der Waals surface area (Å²) in [7, 11) is 0. The van der Waals surface area contributed by atoms with Gasteiger partial charge < -0.3 is 5.11 Å². The maximum atomic E-state index is 11.0. The summed E-state index contributed by atoms with van der Waals surface area (Å²) < 4.78 is 0. The van der Waals surface area contributed by atoms with Crippen LogP contribution in [0.5, 0.6) is 0 Å². The summed E-state index contributed by atoms with van der Waals surface area (Å²) in [5.41, 5.74) is 3.06. The molecule has 2 aliphatic carbocycles. The van der Waals surface area contributed by atoms with Gasteiger partial charge in [0.25, 0.3) is 0 Å². The molecule has 2 atom stereocenters. The minimum atomic E-state index is -0.620. The fraction of sp³-hybridized carbons (Fsp3) is 0.526. The predicted octanol–water partition coefficient (Wildman–Crippen LogP) is 3.16. The number of nitrogens with zero attached hydrogens (tertiary/aromatic N) is 1. The fourth-order valence-corrected chi connectivity index (χ4v) is 4.64. The van der Waals surface area contributed by atoms with Crippen molar-refractivity contribution in [1.82, 2.24) is 4.90 Å². The van der Waals surface area contributed by atoms with Gasteiger partial charge in [0, 0.05) is 18.0 Å². The van der Waals surface area contributed by atoms with Crippen LogP contribution in [0.1, 0.15) is 37.3 Å². The highest BCUT2D eigenvalue weighted by atomic mass is 16.4.